The van der Waals surface area contributed by atoms with Gasteiger partial charge in [-0.25, -0.2) is 0 Å². The summed E-state index contributed by atoms with van der Waals surface area (Å²) in [5.41, 5.74) is 2.44. The Hall–Kier alpha value is -2.56. The van der Waals surface area contributed by atoms with Crippen molar-refractivity contribution in [2.75, 3.05) is 14.2 Å². The van der Waals surface area contributed by atoms with E-state index in [4.69, 9.17) is 9.47 Å². The Labute approximate surface area is 136 Å². The SMILES string of the molecule is Bc1ccc(C(=O)CC(=O)Cc2ccc(OC)c(OC)c2)cc1. The molecule has 23 heavy (non-hydrogen) atoms. The fraction of sp³-hybridized carbons (Fsp3) is 0.222. The van der Waals surface area contributed by atoms with Crippen LogP contribution in [0.2, 0.25) is 0 Å². The van der Waals surface area contributed by atoms with Gasteiger partial charge in [-0.3, -0.25) is 9.59 Å². The fourth-order valence-electron chi connectivity index (χ4n) is 2.30. The van der Waals surface area contributed by atoms with Crippen LogP contribution >= 0.6 is 0 Å². The van der Waals surface area contributed by atoms with Gasteiger partial charge < -0.3 is 9.47 Å². The van der Waals surface area contributed by atoms with Crippen LogP contribution in [-0.2, 0) is 11.2 Å². The maximum Gasteiger partial charge on any atom is 0.170 e. The first-order valence-corrected chi connectivity index (χ1v) is 7.36. The molecule has 0 radical (unpaired) electrons. The average molecular weight is 310 g/mol. The quantitative estimate of drug-likeness (QED) is 0.440. The van der Waals surface area contributed by atoms with Crippen molar-refractivity contribution >= 4 is 24.9 Å². The molecule has 0 heterocycles. The largest absolute Gasteiger partial charge is 0.493 e. The standard InChI is InChI=1S/C18H19BO4/c1-22-17-8-3-12(10-18(17)23-2)9-15(20)11-16(21)13-4-6-14(19)7-5-13/h3-8,10H,9,11,19H2,1-2H3. The van der Waals surface area contributed by atoms with Crippen molar-refractivity contribution in [3.63, 3.8) is 0 Å². The summed E-state index contributed by atoms with van der Waals surface area (Å²) in [4.78, 5) is 24.2. The van der Waals surface area contributed by atoms with Gasteiger partial charge in [0, 0.05) is 12.0 Å². The monoisotopic (exact) mass is 310 g/mol. The van der Waals surface area contributed by atoms with Gasteiger partial charge in [-0.05, 0) is 17.7 Å². The van der Waals surface area contributed by atoms with Gasteiger partial charge in [0.1, 0.15) is 13.6 Å². The molecule has 118 valence electrons. The van der Waals surface area contributed by atoms with Gasteiger partial charge in [-0.15, -0.1) is 0 Å². The van der Waals surface area contributed by atoms with Crippen molar-refractivity contribution in [3.05, 3.63) is 53.6 Å². The predicted octanol–water partition coefficient (Wildman–Crippen LogP) is 1.35. The van der Waals surface area contributed by atoms with Gasteiger partial charge in [0.15, 0.2) is 17.3 Å². The molecule has 0 amide bonds. The Morgan fingerprint density at radius 3 is 2.22 bits per heavy atom. The lowest BCUT2D eigenvalue weighted by Crippen LogP contribution is -2.12. The molecule has 2 aromatic rings. The summed E-state index contributed by atoms with van der Waals surface area (Å²) in [5.74, 6) is 0.903. The van der Waals surface area contributed by atoms with E-state index in [0.29, 0.717) is 17.1 Å². The highest BCUT2D eigenvalue weighted by atomic mass is 16.5. The minimum Gasteiger partial charge on any atom is -0.493 e. The van der Waals surface area contributed by atoms with Crippen molar-refractivity contribution in [2.45, 2.75) is 12.8 Å². The lowest BCUT2D eigenvalue weighted by Gasteiger charge is -2.09. The fourth-order valence-corrected chi connectivity index (χ4v) is 2.30. The van der Waals surface area contributed by atoms with Gasteiger partial charge in [0.2, 0.25) is 0 Å². The van der Waals surface area contributed by atoms with E-state index in [9.17, 15) is 9.59 Å². The summed E-state index contributed by atoms with van der Waals surface area (Å²) in [7, 11) is 5.06. The van der Waals surface area contributed by atoms with E-state index in [0.717, 1.165) is 11.0 Å². The molecule has 4 nitrogen and oxygen atoms in total. The van der Waals surface area contributed by atoms with Crippen molar-refractivity contribution in [2.24, 2.45) is 0 Å². The number of carbonyl (C=O) groups is 2. The first-order chi connectivity index (χ1) is 11.0. The average Bonchev–Trinajstić information content (AvgIpc) is 2.55. The Balaban J connectivity index is 2.02. The van der Waals surface area contributed by atoms with E-state index >= 15 is 0 Å². The summed E-state index contributed by atoms with van der Waals surface area (Å²) in [6.07, 6.45) is 0.0926. The van der Waals surface area contributed by atoms with Crippen molar-refractivity contribution in [3.8, 4) is 11.5 Å². The van der Waals surface area contributed by atoms with Gasteiger partial charge in [-0.1, -0.05) is 35.8 Å². The Morgan fingerprint density at radius 2 is 1.61 bits per heavy atom. The summed E-state index contributed by atoms with van der Waals surface area (Å²) in [6.45, 7) is 0. The summed E-state index contributed by atoms with van der Waals surface area (Å²) < 4.78 is 10.4. The van der Waals surface area contributed by atoms with E-state index in [-0.39, 0.29) is 24.4 Å². The molecule has 0 aliphatic carbocycles. The van der Waals surface area contributed by atoms with E-state index in [1.807, 2.05) is 20.0 Å². The molecule has 0 atom stereocenters. The number of carbonyl (C=O) groups excluding carboxylic acids is 2. The number of methoxy groups -OCH3 is 2. The Bertz CT molecular complexity index is 707. The third-order valence-electron chi connectivity index (χ3n) is 3.58. The van der Waals surface area contributed by atoms with Crippen LogP contribution in [-0.4, -0.2) is 33.6 Å². The summed E-state index contributed by atoms with van der Waals surface area (Å²) in [6, 6.07) is 12.5. The van der Waals surface area contributed by atoms with Gasteiger partial charge in [0.05, 0.1) is 20.6 Å². The van der Waals surface area contributed by atoms with Crippen LogP contribution < -0.4 is 14.9 Å². The van der Waals surface area contributed by atoms with E-state index in [1.54, 1.807) is 44.6 Å². The summed E-state index contributed by atoms with van der Waals surface area (Å²) >= 11 is 0. The zero-order valence-corrected chi connectivity index (χ0v) is 13.6. The van der Waals surface area contributed by atoms with Crippen molar-refractivity contribution in [1.82, 2.24) is 0 Å². The third kappa shape index (κ3) is 4.46. The van der Waals surface area contributed by atoms with Crippen LogP contribution in [0.4, 0.5) is 0 Å². The van der Waals surface area contributed by atoms with Crippen LogP contribution in [0.25, 0.3) is 0 Å². The van der Waals surface area contributed by atoms with Gasteiger partial charge >= 0.3 is 0 Å². The smallest absolute Gasteiger partial charge is 0.170 e. The first-order valence-electron chi connectivity index (χ1n) is 7.36. The zero-order valence-electron chi connectivity index (χ0n) is 13.6. The molecule has 0 aliphatic heterocycles. The molecule has 2 rings (SSSR count). The van der Waals surface area contributed by atoms with Crippen LogP contribution in [0.1, 0.15) is 22.3 Å². The number of hydrogen-bond donors (Lipinski definition) is 0. The van der Waals surface area contributed by atoms with Crippen LogP contribution in [0, 0.1) is 0 Å². The van der Waals surface area contributed by atoms with Crippen LogP contribution in [0.3, 0.4) is 0 Å². The number of Topliss-reactive ketones (excluding diaryl/α,β-unsaturated/α-hetero) is 2. The predicted molar refractivity (Wildman–Crippen MR) is 91.8 cm³/mol. The molecule has 0 N–H and O–H groups in total. The Morgan fingerprint density at radius 1 is 0.957 bits per heavy atom. The highest BCUT2D eigenvalue weighted by Crippen LogP contribution is 2.27. The molecule has 0 aromatic heterocycles. The highest BCUT2D eigenvalue weighted by Gasteiger charge is 2.13. The molecule has 0 bridgehead atoms. The molecule has 2 aromatic carbocycles. The third-order valence-corrected chi connectivity index (χ3v) is 3.58. The molecule has 0 fully saturated rings. The highest BCUT2D eigenvalue weighted by molar-refractivity contribution is 6.32. The second kappa shape index (κ2) is 7.63. The minimum atomic E-state index is -0.157. The molecule has 0 saturated heterocycles. The van der Waals surface area contributed by atoms with Gasteiger partial charge in [0.25, 0.3) is 0 Å². The zero-order chi connectivity index (χ0) is 16.8. The van der Waals surface area contributed by atoms with Crippen molar-refractivity contribution < 1.29 is 19.1 Å². The minimum absolute atomic E-state index is 0.0998. The number of ketones is 2. The molecule has 5 heteroatoms. The number of ether oxygens (including phenoxy) is 2. The number of hydrogen-bond acceptors (Lipinski definition) is 4. The summed E-state index contributed by atoms with van der Waals surface area (Å²) in [5, 5.41) is 0. The molecule has 0 spiro atoms. The normalized spacial score (nSPS) is 10.2. The number of rotatable bonds is 7. The van der Waals surface area contributed by atoms with E-state index in [2.05, 4.69) is 0 Å². The van der Waals surface area contributed by atoms with Crippen molar-refractivity contribution in [1.29, 1.82) is 0 Å². The molecule has 0 unspecified atom stereocenters. The molecule has 0 aliphatic rings. The van der Waals surface area contributed by atoms with Crippen LogP contribution in [0.15, 0.2) is 42.5 Å². The lowest BCUT2D eigenvalue weighted by atomic mass is 9.93. The number of benzene rings is 2. The molecular formula is C18H19BO4. The first kappa shape index (κ1) is 16.8. The van der Waals surface area contributed by atoms with Gasteiger partial charge in [-0.2, -0.15) is 0 Å². The molecule has 0 saturated carbocycles. The van der Waals surface area contributed by atoms with E-state index < -0.39 is 0 Å². The molecular weight excluding hydrogens is 291 g/mol. The maximum atomic E-state index is 12.1. The second-order valence-corrected chi connectivity index (χ2v) is 5.37. The second-order valence-electron chi connectivity index (χ2n) is 5.37. The lowest BCUT2D eigenvalue weighted by molar-refractivity contribution is -0.117. The Kier molecular flexibility index (Phi) is 5.58. The van der Waals surface area contributed by atoms with Crippen LogP contribution in [0.5, 0.6) is 11.5 Å². The topological polar surface area (TPSA) is 52.6 Å². The maximum absolute atomic E-state index is 12.1. The van der Waals surface area contributed by atoms with E-state index in [1.165, 1.54) is 0 Å².